The lowest BCUT2D eigenvalue weighted by molar-refractivity contribution is -0.0320. The molecule has 0 bridgehead atoms. The third-order valence-corrected chi connectivity index (χ3v) is 4.24. The fraction of sp³-hybridized carbons (Fsp3) is 0.632. The minimum Gasteiger partial charge on any atom is -0.381 e. The van der Waals surface area contributed by atoms with Crippen molar-refractivity contribution in [2.75, 3.05) is 40.5 Å². The molecule has 134 valence electrons. The molecule has 0 spiro atoms. The van der Waals surface area contributed by atoms with Crippen molar-refractivity contribution in [2.24, 2.45) is 4.99 Å². The van der Waals surface area contributed by atoms with Crippen molar-refractivity contribution < 1.29 is 9.47 Å². The summed E-state index contributed by atoms with van der Waals surface area (Å²) in [5, 5.41) is 3.41. The zero-order valence-corrected chi connectivity index (χ0v) is 15.3. The first-order chi connectivity index (χ1) is 11.7. The van der Waals surface area contributed by atoms with Crippen molar-refractivity contribution in [2.45, 2.75) is 38.8 Å². The second kappa shape index (κ2) is 10.3. The number of aliphatic imine (C=N–C) groups is 1. The van der Waals surface area contributed by atoms with Crippen LogP contribution in [-0.4, -0.2) is 57.4 Å². The second-order valence-corrected chi connectivity index (χ2v) is 6.35. The van der Waals surface area contributed by atoms with Gasteiger partial charge in [0, 0.05) is 47.0 Å². The molecule has 0 saturated carbocycles. The number of ether oxygens (including phenoxy) is 2. The van der Waals surface area contributed by atoms with Crippen LogP contribution in [0.25, 0.3) is 0 Å². The Bertz CT molecular complexity index is 496. The third kappa shape index (κ3) is 6.49. The van der Waals surface area contributed by atoms with E-state index >= 15 is 0 Å². The van der Waals surface area contributed by atoms with E-state index in [0.29, 0.717) is 6.10 Å². The average Bonchev–Trinajstić information content (AvgIpc) is 2.61. The Morgan fingerprint density at radius 1 is 1.29 bits per heavy atom. The summed E-state index contributed by atoms with van der Waals surface area (Å²) in [6.45, 7) is 6.28. The molecule has 1 aromatic carbocycles. The van der Waals surface area contributed by atoms with Crippen molar-refractivity contribution in [3.05, 3.63) is 35.4 Å². The predicted octanol–water partition coefficient (Wildman–Crippen LogP) is 2.59. The van der Waals surface area contributed by atoms with Crippen molar-refractivity contribution in [3.63, 3.8) is 0 Å². The Morgan fingerprint density at radius 3 is 2.67 bits per heavy atom. The van der Waals surface area contributed by atoms with Gasteiger partial charge < -0.3 is 19.7 Å². The van der Waals surface area contributed by atoms with Gasteiger partial charge in [0.2, 0.25) is 0 Å². The van der Waals surface area contributed by atoms with Crippen LogP contribution >= 0.6 is 0 Å². The lowest BCUT2D eigenvalue weighted by Gasteiger charge is -2.24. The molecule has 24 heavy (non-hydrogen) atoms. The fourth-order valence-electron chi connectivity index (χ4n) is 2.79. The van der Waals surface area contributed by atoms with E-state index in [4.69, 9.17) is 9.47 Å². The Balaban J connectivity index is 1.64. The summed E-state index contributed by atoms with van der Waals surface area (Å²) in [6.07, 6.45) is 3.40. The highest BCUT2D eigenvalue weighted by Crippen LogP contribution is 2.10. The summed E-state index contributed by atoms with van der Waals surface area (Å²) < 4.78 is 11.2. The highest BCUT2D eigenvalue weighted by molar-refractivity contribution is 5.79. The highest BCUT2D eigenvalue weighted by atomic mass is 16.5. The molecule has 5 heteroatoms. The molecular weight excluding hydrogens is 302 g/mol. The van der Waals surface area contributed by atoms with Gasteiger partial charge in [-0.05, 0) is 31.7 Å². The average molecular weight is 333 g/mol. The van der Waals surface area contributed by atoms with Crippen molar-refractivity contribution >= 4 is 5.96 Å². The molecular formula is C19H31N3O2. The van der Waals surface area contributed by atoms with Crippen molar-refractivity contribution in [1.29, 1.82) is 0 Å². The molecule has 1 saturated heterocycles. The molecule has 0 atom stereocenters. The van der Waals surface area contributed by atoms with Gasteiger partial charge in [-0.25, -0.2) is 0 Å². The summed E-state index contributed by atoms with van der Waals surface area (Å²) >= 11 is 0. The smallest absolute Gasteiger partial charge is 0.193 e. The minimum atomic E-state index is 0.377. The first-order valence-electron chi connectivity index (χ1n) is 8.85. The number of aryl methyl sites for hydroxylation is 1. The topological polar surface area (TPSA) is 46.1 Å². The number of hydrogen-bond acceptors (Lipinski definition) is 3. The maximum atomic E-state index is 5.89. The zero-order valence-electron chi connectivity index (χ0n) is 15.3. The molecule has 1 aliphatic rings. The summed E-state index contributed by atoms with van der Waals surface area (Å²) in [7, 11) is 3.89. The standard InChI is InChI=1S/C19H31N3O2/c1-16-5-7-17(8-6-16)15-22(3)19(20-2)21-11-4-12-24-18-9-13-23-14-10-18/h5-8,18H,4,9-15H2,1-3H3,(H,20,21). The Hall–Kier alpha value is -1.59. The monoisotopic (exact) mass is 333 g/mol. The molecule has 0 unspecified atom stereocenters. The predicted molar refractivity (Wildman–Crippen MR) is 98.4 cm³/mol. The van der Waals surface area contributed by atoms with Crippen LogP contribution in [0.3, 0.4) is 0 Å². The van der Waals surface area contributed by atoms with E-state index in [9.17, 15) is 0 Å². The normalized spacial score (nSPS) is 16.2. The summed E-state index contributed by atoms with van der Waals surface area (Å²) in [5.74, 6) is 0.918. The molecule has 1 N–H and O–H groups in total. The molecule has 2 rings (SSSR count). The summed E-state index contributed by atoms with van der Waals surface area (Å²) in [5.41, 5.74) is 2.57. The number of hydrogen-bond donors (Lipinski definition) is 1. The number of nitrogens with one attached hydrogen (secondary N) is 1. The van der Waals surface area contributed by atoms with Crippen LogP contribution < -0.4 is 5.32 Å². The van der Waals surface area contributed by atoms with Gasteiger partial charge in [0.25, 0.3) is 0 Å². The first kappa shape index (κ1) is 18.7. The quantitative estimate of drug-likeness (QED) is 0.473. The van der Waals surface area contributed by atoms with Crippen LogP contribution in [0.2, 0.25) is 0 Å². The largest absolute Gasteiger partial charge is 0.381 e. The summed E-state index contributed by atoms with van der Waals surface area (Å²) in [6, 6.07) is 8.63. The second-order valence-electron chi connectivity index (χ2n) is 6.35. The van der Waals surface area contributed by atoms with Crippen LogP contribution in [0.4, 0.5) is 0 Å². The van der Waals surface area contributed by atoms with Crippen LogP contribution in [0, 0.1) is 6.92 Å². The number of rotatable bonds is 7. The maximum absolute atomic E-state index is 5.89. The van der Waals surface area contributed by atoms with Gasteiger partial charge in [-0.2, -0.15) is 0 Å². The molecule has 1 heterocycles. The van der Waals surface area contributed by atoms with Gasteiger partial charge in [0.05, 0.1) is 6.10 Å². The fourth-order valence-corrected chi connectivity index (χ4v) is 2.79. The van der Waals surface area contributed by atoms with E-state index in [-0.39, 0.29) is 0 Å². The van der Waals surface area contributed by atoms with E-state index < -0.39 is 0 Å². The van der Waals surface area contributed by atoms with Crippen LogP contribution in [0.1, 0.15) is 30.4 Å². The van der Waals surface area contributed by atoms with Crippen LogP contribution in [-0.2, 0) is 16.0 Å². The van der Waals surface area contributed by atoms with E-state index in [1.165, 1.54) is 11.1 Å². The number of benzene rings is 1. The first-order valence-corrected chi connectivity index (χ1v) is 8.85. The molecule has 1 aliphatic heterocycles. The van der Waals surface area contributed by atoms with E-state index in [0.717, 1.165) is 58.1 Å². The lowest BCUT2D eigenvalue weighted by atomic mass is 10.1. The van der Waals surface area contributed by atoms with Gasteiger partial charge in [-0.1, -0.05) is 29.8 Å². The Morgan fingerprint density at radius 2 is 2.00 bits per heavy atom. The lowest BCUT2D eigenvalue weighted by Crippen LogP contribution is -2.39. The van der Waals surface area contributed by atoms with Crippen molar-refractivity contribution in [3.8, 4) is 0 Å². The molecule has 0 aliphatic carbocycles. The van der Waals surface area contributed by atoms with Gasteiger partial charge in [0.1, 0.15) is 0 Å². The van der Waals surface area contributed by atoms with Gasteiger partial charge >= 0.3 is 0 Å². The van der Waals surface area contributed by atoms with Crippen molar-refractivity contribution in [1.82, 2.24) is 10.2 Å². The number of guanidine groups is 1. The molecule has 0 radical (unpaired) electrons. The highest BCUT2D eigenvalue weighted by Gasteiger charge is 2.13. The van der Waals surface area contributed by atoms with Gasteiger partial charge in [-0.15, -0.1) is 0 Å². The molecule has 1 aromatic rings. The summed E-state index contributed by atoms with van der Waals surface area (Å²) in [4.78, 5) is 6.51. The van der Waals surface area contributed by atoms with E-state index in [1.54, 1.807) is 0 Å². The zero-order chi connectivity index (χ0) is 17.2. The molecule has 1 fully saturated rings. The van der Waals surface area contributed by atoms with Crippen LogP contribution in [0.15, 0.2) is 29.3 Å². The Labute approximate surface area is 146 Å². The van der Waals surface area contributed by atoms with Gasteiger partial charge in [0.15, 0.2) is 5.96 Å². The molecule has 5 nitrogen and oxygen atoms in total. The van der Waals surface area contributed by atoms with E-state index in [2.05, 4.69) is 53.4 Å². The minimum absolute atomic E-state index is 0.377. The van der Waals surface area contributed by atoms with E-state index in [1.807, 2.05) is 7.05 Å². The van der Waals surface area contributed by atoms with Gasteiger partial charge in [-0.3, -0.25) is 4.99 Å². The molecule has 0 aromatic heterocycles. The maximum Gasteiger partial charge on any atom is 0.193 e. The SMILES string of the molecule is CN=C(NCCCOC1CCOCC1)N(C)Cc1ccc(C)cc1. The number of nitrogens with zero attached hydrogens (tertiary/aromatic N) is 2. The third-order valence-electron chi connectivity index (χ3n) is 4.24. The Kier molecular flexibility index (Phi) is 8.05. The van der Waals surface area contributed by atoms with Crippen LogP contribution in [0.5, 0.6) is 0 Å². The molecule has 0 amide bonds.